The predicted molar refractivity (Wildman–Crippen MR) is 89.0 cm³/mol. The third-order valence-electron chi connectivity index (χ3n) is 3.03. The molecule has 0 aliphatic carbocycles. The van der Waals surface area contributed by atoms with Gasteiger partial charge in [-0.25, -0.2) is 15.0 Å². The van der Waals surface area contributed by atoms with Gasteiger partial charge in [0.2, 0.25) is 0 Å². The van der Waals surface area contributed by atoms with E-state index >= 15 is 0 Å². The quantitative estimate of drug-likeness (QED) is 0.849. The summed E-state index contributed by atoms with van der Waals surface area (Å²) >= 11 is 1.64. The van der Waals surface area contributed by atoms with Gasteiger partial charge in [-0.15, -0.1) is 11.3 Å². The minimum atomic E-state index is -0.264. The normalized spacial score (nSPS) is 11.7. The maximum absolute atomic E-state index is 4.62. The Hall–Kier alpha value is -1.69. The zero-order valence-electron chi connectivity index (χ0n) is 13.3. The van der Waals surface area contributed by atoms with E-state index in [1.165, 1.54) is 0 Å². The maximum Gasteiger partial charge on any atom is 0.135 e. The second kappa shape index (κ2) is 6.39. The second-order valence-electron chi connectivity index (χ2n) is 5.77. The summed E-state index contributed by atoms with van der Waals surface area (Å²) in [7, 11) is 0. The first kappa shape index (κ1) is 15.7. The van der Waals surface area contributed by atoms with E-state index in [1.54, 1.807) is 11.3 Å². The van der Waals surface area contributed by atoms with Gasteiger partial charge in [0, 0.05) is 30.1 Å². The number of aromatic nitrogens is 3. The van der Waals surface area contributed by atoms with E-state index in [9.17, 15) is 0 Å². The Bertz CT molecular complexity index is 578. The van der Waals surface area contributed by atoms with E-state index in [1.807, 2.05) is 17.6 Å². The van der Waals surface area contributed by atoms with Crippen molar-refractivity contribution in [3.63, 3.8) is 0 Å². The number of nitrogens with one attached hydrogen (secondary N) is 2. The molecule has 0 aliphatic heterocycles. The molecule has 2 N–H and O–H groups in total. The second-order valence-corrected chi connectivity index (χ2v) is 6.66. The van der Waals surface area contributed by atoms with Crippen LogP contribution in [0.3, 0.4) is 0 Å². The van der Waals surface area contributed by atoms with Crippen LogP contribution in [0.15, 0.2) is 17.6 Å². The molecule has 0 unspecified atom stereocenters. The number of nitrogens with zero attached hydrogens (tertiary/aromatic N) is 3. The van der Waals surface area contributed by atoms with Crippen LogP contribution in [0, 0.1) is 0 Å². The van der Waals surface area contributed by atoms with Crippen LogP contribution in [-0.2, 0) is 5.54 Å². The highest BCUT2D eigenvalue weighted by Gasteiger charge is 2.24. The van der Waals surface area contributed by atoms with Crippen LogP contribution in [-0.4, -0.2) is 21.5 Å². The summed E-state index contributed by atoms with van der Waals surface area (Å²) in [6.45, 7) is 11.3. The Morgan fingerprint density at radius 1 is 1.24 bits per heavy atom. The van der Waals surface area contributed by atoms with E-state index in [0.29, 0.717) is 0 Å². The van der Waals surface area contributed by atoms with Crippen molar-refractivity contribution >= 4 is 23.0 Å². The Morgan fingerprint density at radius 3 is 2.52 bits per heavy atom. The van der Waals surface area contributed by atoms with Crippen molar-refractivity contribution in [2.45, 2.75) is 46.1 Å². The van der Waals surface area contributed by atoms with Gasteiger partial charge in [0.05, 0.1) is 5.54 Å². The number of hydrogen-bond acceptors (Lipinski definition) is 6. The minimum absolute atomic E-state index is 0.264. The molecule has 2 rings (SSSR count). The van der Waals surface area contributed by atoms with E-state index in [0.717, 1.165) is 29.0 Å². The lowest BCUT2D eigenvalue weighted by atomic mass is 10.1. The lowest BCUT2D eigenvalue weighted by Crippen LogP contribution is -2.28. The van der Waals surface area contributed by atoms with Gasteiger partial charge in [0.1, 0.15) is 22.5 Å². The van der Waals surface area contributed by atoms with Crippen molar-refractivity contribution in [3.05, 3.63) is 28.5 Å². The standard InChI is InChI=1S/C15H23N5S/c1-6-16-11-9-12(19-13(18-11)10(2)3)20-15(4,5)14-17-7-8-21-14/h7-10H,6H2,1-5H3,(H2,16,18,19,20). The van der Waals surface area contributed by atoms with Crippen LogP contribution < -0.4 is 10.6 Å². The molecule has 0 bridgehead atoms. The molecule has 0 atom stereocenters. The van der Waals surface area contributed by atoms with Crippen molar-refractivity contribution < 1.29 is 0 Å². The topological polar surface area (TPSA) is 62.7 Å². The van der Waals surface area contributed by atoms with Gasteiger partial charge in [-0.3, -0.25) is 0 Å². The molecule has 0 aromatic carbocycles. The molecule has 5 nitrogen and oxygen atoms in total. The van der Waals surface area contributed by atoms with Gasteiger partial charge in [0.15, 0.2) is 0 Å². The maximum atomic E-state index is 4.62. The Kier molecular flexibility index (Phi) is 4.77. The summed E-state index contributed by atoms with van der Waals surface area (Å²) in [6.07, 6.45) is 1.83. The van der Waals surface area contributed by atoms with Crippen molar-refractivity contribution in [3.8, 4) is 0 Å². The van der Waals surface area contributed by atoms with E-state index in [2.05, 4.69) is 60.2 Å². The summed E-state index contributed by atoms with van der Waals surface area (Å²) in [6, 6.07) is 1.95. The van der Waals surface area contributed by atoms with Crippen molar-refractivity contribution in [1.82, 2.24) is 15.0 Å². The first-order chi connectivity index (χ1) is 9.92. The molecular weight excluding hydrogens is 282 g/mol. The molecule has 114 valence electrons. The average molecular weight is 305 g/mol. The minimum Gasteiger partial charge on any atom is -0.370 e. The van der Waals surface area contributed by atoms with E-state index in [-0.39, 0.29) is 11.5 Å². The van der Waals surface area contributed by atoms with Crippen molar-refractivity contribution in [1.29, 1.82) is 0 Å². The Morgan fingerprint density at radius 2 is 1.95 bits per heavy atom. The zero-order valence-corrected chi connectivity index (χ0v) is 14.1. The fraction of sp³-hybridized carbons (Fsp3) is 0.533. The summed E-state index contributed by atoms with van der Waals surface area (Å²) in [5, 5.41) is 9.76. The average Bonchev–Trinajstić information content (AvgIpc) is 2.92. The number of hydrogen-bond donors (Lipinski definition) is 2. The molecule has 0 saturated carbocycles. The van der Waals surface area contributed by atoms with Crippen LogP contribution >= 0.6 is 11.3 Å². The smallest absolute Gasteiger partial charge is 0.135 e. The molecule has 2 heterocycles. The predicted octanol–water partition coefficient (Wildman–Crippen LogP) is 3.84. The zero-order chi connectivity index (χ0) is 15.5. The molecule has 2 aromatic heterocycles. The SMILES string of the molecule is CCNc1cc(NC(C)(C)c2nccs2)nc(C(C)C)n1. The number of thiazole rings is 1. The van der Waals surface area contributed by atoms with Crippen LogP contribution in [0.4, 0.5) is 11.6 Å². The molecule has 0 fully saturated rings. The van der Waals surface area contributed by atoms with Gasteiger partial charge in [-0.1, -0.05) is 13.8 Å². The molecule has 0 spiro atoms. The molecule has 2 aromatic rings. The summed E-state index contributed by atoms with van der Waals surface area (Å²) in [5.74, 6) is 2.80. The number of rotatable bonds is 6. The third-order valence-corrected chi connectivity index (χ3v) is 4.12. The van der Waals surface area contributed by atoms with Crippen LogP contribution in [0.5, 0.6) is 0 Å². The van der Waals surface area contributed by atoms with E-state index < -0.39 is 0 Å². The fourth-order valence-corrected chi connectivity index (χ4v) is 2.68. The van der Waals surface area contributed by atoms with Crippen LogP contribution in [0.1, 0.15) is 51.4 Å². The van der Waals surface area contributed by atoms with Crippen LogP contribution in [0.2, 0.25) is 0 Å². The Labute approximate surface area is 130 Å². The monoisotopic (exact) mass is 305 g/mol. The summed E-state index contributed by atoms with van der Waals surface area (Å²) in [5.41, 5.74) is -0.264. The molecule has 0 aliphatic rings. The molecule has 0 saturated heterocycles. The molecule has 21 heavy (non-hydrogen) atoms. The van der Waals surface area contributed by atoms with Crippen LogP contribution in [0.25, 0.3) is 0 Å². The summed E-state index contributed by atoms with van der Waals surface area (Å²) in [4.78, 5) is 13.6. The molecular formula is C15H23N5S. The highest BCUT2D eigenvalue weighted by molar-refractivity contribution is 7.09. The lowest BCUT2D eigenvalue weighted by molar-refractivity contribution is 0.599. The Balaban J connectivity index is 2.30. The highest BCUT2D eigenvalue weighted by Crippen LogP contribution is 2.27. The van der Waals surface area contributed by atoms with Crippen molar-refractivity contribution in [2.75, 3.05) is 17.2 Å². The summed E-state index contributed by atoms with van der Waals surface area (Å²) < 4.78 is 0. The van der Waals surface area contributed by atoms with E-state index in [4.69, 9.17) is 0 Å². The van der Waals surface area contributed by atoms with Crippen molar-refractivity contribution in [2.24, 2.45) is 0 Å². The van der Waals surface area contributed by atoms with Gasteiger partial charge < -0.3 is 10.6 Å². The molecule has 0 radical (unpaired) electrons. The van der Waals surface area contributed by atoms with Gasteiger partial charge in [0.25, 0.3) is 0 Å². The lowest BCUT2D eigenvalue weighted by Gasteiger charge is -2.25. The largest absolute Gasteiger partial charge is 0.370 e. The van der Waals surface area contributed by atoms with Gasteiger partial charge in [-0.05, 0) is 20.8 Å². The highest BCUT2D eigenvalue weighted by atomic mass is 32.1. The molecule has 6 heteroatoms. The fourth-order valence-electron chi connectivity index (χ4n) is 1.97. The van der Waals surface area contributed by atoms with Gasteiger partial charge >= 0.3 is 0 Å². The van der Waals surface area contributed by atoms with Gasteiger partial charge in [-0.2, -0.15) is 0 Å². The first-order valence-corrected chi connectivity index (χ1v) is 8.11. The number of anilines is 2. The molecule has 0 amide bonds. The first-order valence-electron chi connectivity index (χ1n) is 7.23. The third kappa shape index (κ3) is 3.91.